The molecule has 1 amide bonds. The van der Waals surface area contributed by atoms with Crippen LogP contribution in [0.2, 0.25) is 0 Å². The Balaban J connectivity index is 1.88. The number of hydrogen-bond donors (Lipinski definition) is 2. The highest BCUT2D eigenvalue weighted by Crippen LogP contribution is 2.24. The summed E-state index contributed by atoms with van der Waals surface area (Å²) in [5.41, 5.74) is 1.87. The fourth-order valence-corrected chi connectivity index (χ4v) is 4.40. The summed E-state index contributed by atoms with van der Waals surface area (Å²) in [7, 11) is -3.98. The highest BCUT2D eigenvalue weighted by Gasteiger charge is 2.27. The zero-order valence-corrected chi connectivity index (χ0v) is 17.7. The Bertz CT molecular complexity index is 1160. The van der Waals surface area contributed by atoms with Gasteiger partial charge in [0.25, 0.3) is 10.0 Å². The molecule has 160 valence electrons. The zero-order chi connectivity index (χ0) is 22.4. The largest absolute Gasteiger partial charge is 0.478 e. The average Bonchev–Trinajstić information content (AvgIpc) is 2.78. The van der Waals surface area contributed by atoms with Crippen molar-refractivity contribution in [1.82, 2.24) is 0 Å². The van der Waals surface area contributed by atoms with E-state index in [1.807, 2.05) is 19.1 Å². The number of nitrogens with zero attached hydrogens (tertiary/aromatic N) is 1. The lowest BCUT2D eigenvalue weighted by Gasteiger charge is -2.24. The lowest BCUT2D eigenvalue weighted by Crippen LogP contribution is -2.38. The smallest absolute Gasteiger partial charge is 0.335 e. The number of rotatable bonds is 8. The fourth-order valence-electron chi connectivity index (χ4n) is 2.96. The van der Waals surface area contributed by atoms with Crippen LogP contribution in [0.15, 0.2) is 83.8 Å². The molecule has 0 fully saturated rings. The minimum absolute atomic E-state index is 0.0770. The van der Waals surface area contributed by atoms with E-state index in [2.05, 4.69) is 5.32 Å². The summed E-state index contributed by atoms with van der Waals surface area (Å²) in [4.78, 5) is 23.7. The van der Waals surface area contributed by atoms with E-state index in [0.717, 1.165) is 16.3 Å². The third kappa shape index (κ3) is 5.29. The number of aromatic carboxylic acids is 1. The monoisotopic (exact) mass is 438 g/mol. The second kappa shape index (κ2) is 9.44. The maximum Gasteiger partial charge on any atom is 0.335 e. The van der Waals surface area contributed by atoms with Crippen molar-refractivity contribution in [2.45, 2.75) is 18.2 Å². The third-order valence-electron chi connectivity index (χ3n) is 4.67. The molecule has 2 N–H and O–H groups in total. The van der Waals surface area contributed by atoms with E-state index in [9.17, 15) is 18.0 Å². The van der Waals surface area contributed by atoms with Crippen LogP contribution in [0.1, 0.15) is 22.8 Å². The van der Waals surface area contributed by atoms with E-state index in [-0.39, 0.29) is 10.5 Å². The number of nitrogens with one attached hydrogen (secondary N) is 1. The first-order valence-electron chi connectivity index (χ1n) is 9.61. The number of carbonyl (C=O) groups is 2. The summed E-state index contributed by atoms with van der Waals surface area (Å²) < 4.78 is 27.6. The number of carboxylic acids is 1. The zero-order valence-electron chi connectivity index (χ0n) is 16.9. The molecule has 31 heavy (non-hydrogen) atoms. The topological polar surface area (TPSA) is 104 Å². The summed E-state index contributed by atoms with van der Waals surface area (Å²) >= 11 is 0. The summed E-state index contributed by atoms with van der Waals surface area (Å²) in [5, 5.41) is 11.6. The van der Waals surface area contributed by atoms with Crippen LogP contribution in [-0.2, 0) is 21.2 Å². The molecule has 0 saturated carbocycles. The molecule has 0 aromatic heterocycles. The third-order valence-corrected chi connectivity index (χ3v) is 6.45. The molecule has 0 aliphatic heterocycles. The van der Waals surface area contributed by atoms with Gasteiger partial charge in [-0.15, -0.1) is 0 Å². The summed E-state index contributed by atoms with van der Waals surface area (Å²) in [6.07, 6.45) is 0.804. The van der Waals surface area contributed by atoms with Crippen LogP contribution < -0.4 is 9.62 Å². The van der Waals surface area contributed by atoms with Gasteiger partial charge in [0, 0.05) is 5.69 Å². The number of aryl methyl sites for hydroxylation is 1. The Morgan fingerprint density at radius 3 is 2.06 bits per heavy atom. The van der Waals surface area contributed by atoms with Gasteiger partial charge < -0.3 is 10.4 Å². The van der Waals surface area contributed by atoms with Gasteiger partial charge in [0.05, 0.1) is 16.1 Å². The second-order valence-corrected chi connectivity index (χ2v) is 8.64. The summed E-state index contributed by atoms with van der Waals surface area (Å²) in [6.45, 7) is 1.56. The molecule has 8 heteroatoms. The van der Waals surface area contributed by atoms with Gasteiger partial charge in [-0.3, -0.25) is 9.10 Å². The molecule has 3 aromatic rings. The molecule has 0 bridgehead atoms. The molecule has 0 heterocycles. The fraction of sp³-hybridized carbons (Fsp3) is 0.130. The lowest BCUT2D eigenvalue weighted by molar-refractivity contribution is -0.114. The number of amides is 1. The van der Waals surface area contributed by atoms with Gasteiger partial charge in [0.2, 0.25) is 5.91 Å². The van der Waals surface area contributed by atoms with E-state index in [0.29, 0.717) is 11.4 Å². The Hall–Kier alpha value is -3.65. The second-order valence-electron chi connectivity index (χ2n) is 6.78. The molecular formula is C23H22N2O5S. The van der Waals surface area contributed by atoms with Gasteiger partial charge in [0.1, 0.15) is 6.54 Å². The van der Waals surface area contributed by atoms with Gasteiger partial charge in [-0.1, -0.05) is 37.3 Å². The predicted molar refractivity (Wildman–Crippen MR) is 119 cm³/mol. The molecule has 7 nitrogen and oxygen atoms in total. The highest BCUT2D eigenvalue weighted by molar-refractivity contribution is 7.92. The first-order valence-corrected chi connectivity index (χ1v) is 11.0. The van der Waals surface area contributed by atoms with Crippen LogP contribution >= 0.6 is 0 Å². The Morgan fingerprint density at radius 1 is 0.903 bits per heavy atom. The van der Waals surface area contributed by atoms with Crippen molar-refractivity contribution >= 4 is 33.3 Å². The Labute approximate surface area is 181 Å². The molecule has 0 aliphatic rings. The maximum atomic E-state index is 13.3. The number of sulfonamides is 1. The normalized spacial score (nSPS) is 11.0. The molecule has 0 spiro atoms. The average molecular weight is 439 g/mol. The van der Waals surface area contributed by atoms with Gasteiger partial charge in [-0.2, -0.15) is 0 Å². The quantitative estimate of drug-likeness (QED) is 0.557. The summed E-state index contributed by atoms with van der Waals surface area (Å²) in [6, 6.07) is 20.5. The first kappa shape index (κ1) is 22.0. The molecule has 0 saturated heterocycles. The molecule has 3 rings (SSSR count). The SMILES string of the molecule is CCc1ccc(N(CC(=O)Nc2ccc(C(=O)O)cc2)S(=O)(=O)c2ccccc2)cc1. The maximum absolute atomic E-state index is 13.3. The Kier molecular flexibility index (Phi) is 6.71. The van der Waals surface area contributed by atoms with Crippen molar-refractivity contribution in [2.24, 2.45) is 0 Å². The number of carbonyl (C=O) groups excluding carboxylic acids is 1. The molecule has 0 atom stereocenters. The van der Waals surface area contributed by atoms with Crippen LogP contribution in [-0.4, -0.2) is 31.9 Å². The lowest BCUT2D eigenvalue weighted by atomic mass is 10.1. The van der Waals surface area contributed by atoms with E-state index in [1.165, 1.54) is 36.4 Å². The van der Waals surface area contributed by atoms with Crippen molar-refractivity contribution < 1.29 is 23.1 Å². The molecule has 0 aliphatic carbocycles. The van der Waals surface area contributed by atoms with E-state index in [4.69, 9.17) is 5.11 Å². The van der Waals surface area contributed by atoms with Gasteiger partial charge in [-0.05, 0) is 60.5 Å². The minimum Gasteiger partial charge on any atom is -0.478 e. The molecule has 0 radical (unpaired) electrons. The van der Waals surface area contributed by atoms with Gasteiger partial charge in [-0.25, -0.2) is 13.2 Å². The van der Waals surface area contributed by atoms with Crippen LogP contribution in [0, 0.1) is 0 Å². The predicted octanol–water partition coefficient (Wildman–Crippen LogP) is 3.78. The van der Waals surface area contributed by atoms with E-state index >= 15 is 0 Å². The molecule has 3 aromatic carbocycles. The number of benzene rings is 3. The van der Waals surface area contributed by atoms with Crippen LogP contribution in [0.5, 0.6) is 0 Å². The molecular weight excluding hydrogens is 416 g/mol. The van der Waals surface area contributed by atoms with Crippen molar-refractivity contribution in [1.29, 1.82) is 0 Å². The van der Waals surface area contributed by atoms with E-state index < -0.39 is 28.4 Å². The number of carboxylic acid groups (broad SMARTS) is 1. The van der Waals surface area contributed by atoms with Crippen molar-refractivity contribution in [3.8, 4) is 0 Å². The van der Waals surface area contributed by atoms with E-state index in [1.54, 1.807) is 30.3 Å². The minimum atomic E-state index is -3.98. The van der Waals surface area contributed by atoms with Gasteiger partial charge in [0.15, 0.2) is 0 Å². The summed E-state index contributed by atoms with van der Waals surface area (Å²) in [5.74, 6) is -1.63. The molecule has 0 unspecified atom stereocenters. The van der Waals surface area contributed by atoms with Crippen LogP contribution in [0.3, 0.4) is 0 Å². The van der Waals surface area contributed by atoms with Crippen LogP contribution in [0.25, 0.3) is 0 Å². The highest BCUT2D eigenvalue weighted by atomic mass is 32.2. The Morgan fingerprint density at radius 2 is 1.52 bits per heavy atom. The van der Waals surface area contributed by atoms with Gasteiger partial charge >= 0.3 is 5.97 Å². The van der Waals surface area contributed by atoms with Crippen LogP contribution in [0.4, 0.5) is 11.4 Å². The first-order chi connectivity index (χ1) is 14.8. The van der Waals surface area contributed by atoms with Crippen molar-refractivity contribution in [3.63, 3.8) is 0 Å². The number of anilines is 2. The van der Waals surface area contributed by atoms with Crippen molar-refractivity contribution in [3.05, 3.63) is 90.0 Å². The van der Waals surface area contributed by atoms with Crippen molar-refractivity contribution in [2.75, 3.05) is 16.2 Å². The number of hydrogen-bond acceptors (Lipinski definition) is 4. The standard InChI is InChI=1S/C23H22N2O5S/c1-2-17-8-14-20(15-9-17)25(31(29,30)21-6-4-3-5-7-21)16-22(26)24-19-12-10-18(11-13-19)23(27)28/h3-15H,2,16H2,1H3,(H,24,26)(H,27,28).